The average molecular weight is 1150 g/mol. The average Bonchev–Trinajstić information content (AvgIpc) is 2.60. The number of rotatable bonds is 10. The van der Waals surface area contributed by atoms with Gasteiger partial charge in [0.2, 0.25) is 0 Å². The maximum atomic E-state index is 16.4. The second-order valence-corrected chi connectivity index (χ2v) is 36.7. The summed E-state index contributed by atoms with van der Waals surface area (Å²) >= 11 is 0. The lowest BCUT2D eigenvalue weighted by atomic mass is 9.56. The van der Waals surface area contributed by atoms with Gasteiger partial charge in [-0.25, -0.2) is 0 Å². The van der Waals surface area contributed by atoms with Crippen molar-refractivity contribution in [1.82, 2.24) is 19.6 Å². The van der Waals surface area contributed by atoms with Gasteiger partial charge in [-0.3, -0.25) is 29.2 Å². The van der Waals surface area contributed by atoms with Crippen molar-refractivity contribution < 1.29 is 29.3 Å². The van der Waals surface area contributed by atoms with Gasteiger partial charge in [-0.1, -0.05) is 83.1 Å². The van der Waals surface area contributed by atoms with Crippen molar-refractivity contribution in [2.45, 2.75) is 329 Å². The Morgan fingerprint density at radius 2 is 0.530 bits per heavy atom. The van der Waals surface area contributed by atoms with Gasteiger partial charge in [0.1, 0.15) is 29.1 Å². The van der Waals surface area contributed by atoms with Gasteiger partial charge in [-0.15, -0.1) is 0 Å². The summed E-state index contributed by atoms with van der Waals surface area (Å²) in [6, 6.07) is 8.70. The first-order valence-electron chi connectivity index (χ1n) is 32.0. The third-order valence-corrected chi connectivity index (χ3v) is 22.9. The van der Waals surface area contributed by atoms with Gasteiger partial charge < -0.3 is 19.7 Å². The fraction of sp³-hybridized carbons (Fsp3) is 0.808. The highest BCUT2D eigenvalue weighted by molar-refractivity contribution is 5.91. The maximum absolute atomic E-state index is 16.4. The monoisotopic (exact) mass is 1150 g/mol. The number of hydrogen-bond acceptors (Lipinski definition) is 10. The Bertz CT molecular complexity index is 2330. The zero-order valence-corrected chi connectivity index (χ0v) is 59.3. The minimum absolute atomic E-state index is 0.191. The molecule has 4 heterocycles. The molecule has 0 spiro atoms. The van der Waals surface area contributed by atoms with Crippen LogP contribution in [0.4, 0.5) is 0 Å². The number of ether oxygens (including phenoxy) is 2. The zero-order chi connectivity index (χ0) is 64.0. The highest BCUT2D eigenvalue weighted by Crippen LogP contribution is 2.62. The number of hydrogen-bond donors (Lipinski definition) is 2. The predicted molar refractivity (Wildman–Crippen MR) is 346 cm³/mol. The molecule has 0 radical (unpaired) electrons. The van der Waals surface area contributed by atoms with E-state index in [1.54, 1.807) is 0 Å². The van der Waals surface area contributed by atoms with Crippen LogP contribution in [-0.2, 0) is 51.9 Å². The van der Waals surface area contributed by atoms with Crippen LogP contribution in [0.2, 0.25) is 0 Å². The zero-order valence-electron chi connectivity index (χ0n) is 59.3. The van der Waals surface area contributed by atoms with E-state index in [9.17, 15) is 10.2 Å². The molecule has 10 nitrogen and oxygen atoms in total. The van der Waals surface area contributed by atoms with Gasteiger partial charge in [0.15, 0.2) is 0 Å². The van der Waals surface area contributed by atoms with E-state index < -0.39 is 51.2 Å². The molecule has 4 fully saturated rings. The number of piperidine rings is 4. The van der Waals surface area contributed by atoms with E-state index in [-0.39, 0.29) is 79.5 Å². The molecule has 0 unspecified atom stereocenters. The number of aromatic hydroxyl groups is 2. The van der Waals surface area contributed by atoms with Crippen LogP contribution in [0.25, 0.3) is 0 Å². The smallest absolute Gasteiger partial charge is 0.318 e. The van der Waals surface area contributed by atoms with E-state index in [1.807, 2.05) is 0 Å². The molecule has 4 aliphatic rings. The van der Waals surface area contributed by atoms with Crippen molar-refractivity contribution in [3.63, 3.8) is 0 Å². The molecule has 4 aliphatic heterocycles. The third-order valence-electron chi connectivity index (χ3n) is 22.9. The van der Waals surface area contributed by atoms with E-state index >= 15 is 9.59 Å². The van der Waals surface area contributed by atoms with Crippen LogP contribution in [0.5, 0.6) is 11.5 Å². The number of esters is 2. The second kappa shape index (κ2) is 21.3. The van der Waals surface area contributed by atoms with Gasteiger partial charge >= 0.3 is 11.9 Å². The molecule has 4 saturated heterocycles. The SMILES string of the molecule is CN1C(C)(C)CC(C(OC(=O)CC(=O)OC(c2cc(C(C)(C)C)c(O)c(C(C)(C)C)c2)(C2CC(C)(C)N(C)C(C)(C)C2)C2CC(C)(C)N(C)C(C)(C)C2)(c2cc(C(C)(C)C)c(O)c(C(C)(C)C)c2)C2CC(C)(C)N(C)C(C)(C)C2)CC1(C)C. The van der Waals surface area contributed by atoms with Crippen molar-refractivity contribution in [2.75, 3.05) is 28.2 Å². The lowest BCUT2D eigenvalue weighted by Gasteiger charge is -2.62. The number of carbonyl (C=O) groups excluding carboxylic acids is 2. The molecule has 472 valence electrons. The fourth-order valence-electron chi connectivity index (χ4n) is 17.3. The molecule has 0 aliphatic carbocycles. The minimum Gasteiger partial charge on any atom is -0.507 e. The predicted octanol–water partition coefficient (Wildman–Crippen LogP) is 16.5. The molecule has 2 aromatic rings. The van der Waals surface area contributed by atoms with Gasteiger partial charge in [0.25, 0.3) is 0 Å². The van der Waals surface area contributed by atoms with E-state index in [1.165, 1.54) is 0 Å². The molecule has 0 bridgehead atoms. The molecular weight excluding hydrogens is 1030 g/mol. The Labute approximate surface area is 508 Å². The quantitative estimate of drug-likeness (QED) is 0.176. The lowest BCUT2D eigenvalue weighted by Crippen LogP contribution is -2.66. The van der Waals surface area contributed by atoms with Gasteiger partial charge in [0.05, 0.1) is 0 Å². The number of phenolic OH excluding ortho intramolecular Hbond substituents is 2. The molecule has 0 aromatic heterocycles. The fourth-order valence-corrected chi connectivity index (χ4v) is 17.3. The van der Waals surface area contributed by atoms with E-state index in [0.717, 1.165) is 84.7 Å². The Balaban J connectivity index is 1.72. The minimum atomic E-state index is -1.25. The summed E-state index contributed by atoms with van der Waals surface area (Å²) in [5.74, 6) is -1.40. The van der Waals surface area contributed by atoms with E-state index in [4.69, 9.17) is 9.47 Å². The highest BCUT2D eigenvalue weighted by atomic mass is 16.6. The van der Waals surface area contributed by atoms with Crippen LogP contribution in [0.3, 0.4) is 0 Å². The molecule has 6 rings (SSSR count). The number of carbonyl (C=O) groups is 2. The Kier molecular flexibility index (Phi) is 17.7. The molecule has 2 aromatic carbocycles. The lowest BCUT2D eigenvalue weighted by molar-refractivity contribution is -0.217. The third kappa shape index (κ3) is 12.8. The van der Waals surface area contributed by atoms with Crippen molar-refractivity contribution in [3.05, 3.63) is 57.6 Å². The van der Waals surface area contributed by atoms with Gasteiger partial charge in [0, 0.05) is 68.0 Å². The summed E-state index contributed by atoms with van der Waals surface area (Å²) in [5, 5.41) is 25.0. The summed E-state index contributed by atoms with van der Waals surface area (Å²) in [5.41, 5.74) is -1.77. The molecule has 83 heavy (non-hydrogen) atoms. The number of nitrogens with zero attached hydrogens (tertiary/aromatic N) is 4. The van der Waals surface area contributed by atoms with Gasteiger partial charge in [-0.2, -0.15) is 0 Å². The summed E-state index contributed by atoms with van der Waals surface area (Å²) < 4.78 is 15.6. The first kappa shape index (κ1) is 68.9. The van der Waals surface area contributed by atoms with Crippen LogP contribution >= 0.6 is 0 Å². The normalized spacial score (nSPS) is 24.4. The number of likely N-dealkylation sites (tertiary alicyclic amines) is 4. The summed E-state index contributed by atoms with van der Waals surface area (Å²) in [6.07, 6.45) is 5.25. The van der Waals surface area contributed by atoms with Crippen molar-refractivity contribution >= 4 is 11.9 Å². The molecule has 0 atom stereocenters. The van der Waals surface area contributed by atoms with Crippen LogP contribution in [0.1, 0.15) is 285 Å². The first-order valence-corrected chi connectivity index (χ1v) is 32.0. The molecule has 0 amide bonds. The summed E-state index contributed by atoms with van der Waals surface area (Å²) in [4.78, 5) is 42.8. The number of benzene rings is 2. The Hall–Kier alpha value is -3.18. The topological polar surface area (TPSA) is 106 Å². The summed E-state index contributed by atoms with van der Waals surface area (Å²) in [6.45, 7) is 63.0. The van der Waals surface area contributed by atoms with E-state index in [2.05, 4.69) is 266 Å². The van der Waals surface area contributed by atoms with Crippen LogP contribution in [0, 0.1) is 23.7 Å². The van der Waals surface area contributed by atoms with E-state index in [0.29, 0.717) is 0 Å². The maximum Gasteiger partial charge on any atom is 0.318 e. The van der Waals surface area contributed by atoms with Crippen LogP contribution in [0.15, 0.2) is 24.3 Å². The molecule has 2 N–H and O–H groups in total. The highest BCUT2D eigenvalue weighted by Gasteiger charge is 2.63. The van der Waals surface area contributed by atoms with Crippen molar-refractivity contribution in [1.29, 1.82) is 0 Å². The van der Waals surface area contributed by atoms with Crippen molar-refractivity contribution in [2.24, 2.45) is 23.7 Å². The number of phenols is 2. The largest absolute Gasteiger partial charge is 0.507 e. The first-order chi connectivity index (χ1) is 36.8. The van der Waals surface area contributed by atoms with Crippen molar-refractivity contribution in [3.8, 4) is 11.5 Å². The standard InChI is InChI=1S/C73H124N4O6/c1-60(2,3)52-33-46(34-53(58(52)80)61(4,5)6)72(48-38-64(13,14)74(29)65(15,16)39-48,49-40-66(17,18)75(30)67(19,20)41-49)82-56(78)37-57(79)83-73(50-42-68(21,22)76(31)69(23,24)43-50,51-44-70(25,26)77(32)71(27,28)45-51)47-35-54(62(7,8)9)59(81)55(36-47)63(10,11)12/h33-36,48-51,80-81H,37-45H2,1-32H3. The molecule has 10 heteroatoms. The molecule has 0 saturated carbocycles. The van der Waals surface area contributed by atoms with Gasteiger partial charge in [-0.05, 0) is 270 Å². The Morgan fingerprint density at radius 1 is 0.373 bits per heavy atom. The van der Waals surface area contributed by atoms with Crippen LogP contribution < -0.4 is 0 Å². The Morgan fingerprint density at radius 3 is 0.675 bits per heavy atom. The second-order valence-electron chi connectivity index (χ2n) is 36.7. The van der Waals surface area contributed by atoms with Crippen LogP contribution in [-0.4, -0.2) is 114 Å². The molecular formula is C73H124N4O6. The summed E-state index contributed by atoms with van der Waals surface area (Å²) in [7, 11) is 8.91.